The molecule has 0 aliphatic rings. The van der Waals surface area contributed by atoms with Crippen LogP contribution in [0.1, 0.15) is 27.8 Å². The van der Waals surface area contributed by atoms with Crippen LogP contribution in [0.3, 0.4) is 0 Å². The molecule has 1 aromatic carbocycles. The lowest BCUT2D eigenvalue weighted by atomic mass is 10.1. The molecular weight excluding hydrogens is 218 g/mol. The third-order valence-electron chi connectivity index (χ3n) is 2.82. The first kappa shape index (κ1) is 11.4. The second-order valence-corrected chi connectivity index (χ2v) is 3.82. The van der Waals surface area contributed by atoms with Crippen LogP contribution in [0.25, 0.3) is 10.9 Å². The van der Waals surface area contributed by atoms with Crippen molar-refractivity contribution in [1.29, 1.82) is 0 Å². The summed E-state index contributed by atoms with van der Waals surface area (Å²) < 4.78 is 6.28. The number of aromatic nitrogens is 1. The van der Waals surface area contributed by atoms with Crippen molar-refractivity contribution in [3.05, 3.63) is 35.5 Å². The predicted octanol–water partition coefficient (Wildman–Crippen LogP) is 2.40. The topological polar surface area (TPSA) is 48.3 Å². The fourth-order valence-corrected chi connectivity index (χ4v) is 2.13. The molecule has 0 aliphatic heterocycles. The molecule has 0 N–H and O–H groups in total. The van der Waals surface area contributed by atoms with Crippen LogP contribution < -0.4 is 0 Å². The number of hydrogen-bond acceptors (Lipinski definition) is 3. The molecule has 0 amide bonds. The Kier molecular flexibility index (Phi) is 2.71. The zero-order valence-corrected chi connectivity index (χ0v) is 9.98. The highest BCUT2D eigenvalue weighted by atomic mass is 16.5. The van der Waals surface area contributed by atoms with Crippen molar-refractivity contribution in [3.63, 3.8) is 0 Å². The van der Waals surface area contributed by atoms with Gasteiger partial charge in [-0.3, -0.25) is 9.36 Å². The average Bonchev–Trinajstić information content (AvgIpc) is 2.60. The van der Waals surface area contributed by atoms with Crippen LogP contribution in [0.5, 0.6) is 0 Å². The third-order valence-corrected chi connectivity index (χ3v) is 2.82. The van der Waals surface area contributed by atoms with E-state index >= 15 is 0 Å². The third kappa shape index (κ3) is 1.62. The van der Waals surface area contributed by atoms with Crippen molar-refractivity contribution >= 4 is 22.8 Å². The number of nitrogens with zero attached hydrogens (tertiary/aromatic N) is 1. The quantitative estimate of drug-likeness (QED) is 0.708. The molecule has 0 aliphatic carbocycles. The summed E-state index contributed by atoms with van der Waals surface area (Å²) in [6, 6.07) is 7.30. The molecule has 0 saturated heterocycles. The first-order valence-corrected chi connectivity index (χ1v) is 5.27. The van der Waals surface area contributed by atoms with Crippen molar-refractivity contribution in [3.8, 4) is 0 Å². The predicted molar refractivity (Wildman–Crippen MR) is 64.3 cm³/mol. The molecule has 0 spiro atoms. The summed E-state index contributed by atoms with van der Waals surface area (Å²) in [7, 11) is 1.33. The molecule has 17 heavy (non-hydrogen) atoms. The molecule has 2 aromatic rings. The number of benzene rings is 1. The largest absolute Gasteiger partial charge is 0.465 e. The van der Waals surface area contributed by atoms with Gasteiger partial charge in [-0.2, -0.15) is 0 Å². The summed E-state index contributed by atoms with van der Waals surface area (Å²) in [6.45, 7) is 3.22. The van der Waals surface area contributed by atoms with Crippen LogP contribution in [0, 0.1) is 6.92 Å². The molecular formula is C13H13NO3. The molecule has 0 radical (unpaired) electrons. The van der Waals surface area contributed by atoms with Gasteiger partial charge in [-0.1, -0.05) is 18.2 Å². The maximum Gasteiger partial charge on any atom is 0.340 e. The Balaban J connectivity index is 2.89. The average molecular weight is 231 g/mol. The van der Waals surface area contributed by atoms with Gasteiger partial charge >= 0.3 is 5.97 Å². The lowest BCUT2D eigenvalue weighted by Gasteiger charge is -2.02. The highest BCUT2D eigenvalue weighted by Crippen LogP contribution is 2.26. The second-order valence-electron chi connectivity index (χ2n) is 3.82. The van der Waals surface area contributed by atoms with Gasteiger partial charge in [0.1, 0.15) is 0 Å². The molecule has 0 fully saturated rings. The van der Waals surface area contributed by atoms with Gasteiger partial charge in [0.2, 0.25) is 5.91 Å². The van der Waals surface area contributed by atoms with E-state index in [2.05, 4.69) is 0 Å². The van der Waals surface area contributed by atoms with E-state index in [1.54, 1.807) is 6.92 Å². The van der Waals surface area contributed by atoms with E-state index in [1.807, 2.05) is 24.3 Å². The number of ether oxygens (including phenoxy) is 1. The Morgan fingerprint density at radius 1 is 1.24 bits per heavy atom. The number of hydrogen-bond donors (Lipinski definition) is 0. The summed E-state index contributed by atoms with van der Waals surface area (Å²) in [4.78, 5) is 23.4. The Morgan fingerprint density at radius 3 is 2.47 bits per heavy atom. The molecule has 1 heterocycles. The first-order valence-electron chi connectivity index (χ1n) is 5.27. The molecule has 1 aromatic heterocycles. The van der Waals surface area contributed by atoms with Crippen LogP contribution in [0.2, 0.25) is 0 Å². The number of rotatable bonds is 1. The van der Waals surface area contributed by atoms with E-state index in [0.717, 1.165) is 10.9 Å². The van der Waals surface area contributed by atoms with Crippen molar-refractivity contribution in [2.45, 2.75) is 13.8 Å². The number of carbonyl (C=O) groups is 2. The highest BCUT2D eigenvalue weighted by molar-refractivity contribution is 6.08. The lowest BCUT2D eigenvalue weighted by molar-refractivity contribution is 0.0602. The number of esters is 1. The number of carbonyl (C=O) groups excluding carboxylic acids is 2. The minimum Gasteiger partial charge on any atom is -0.465 e. The van der Waals surface area contributed by atoms with Crippen LogP contribution in [0.15, 0.2) is 24.3 Å². The molecule has 0 atom stereocenters. The van der Waals surface area contributed by atoms with Gasteiger partial charge in [0.25, 0.3) is 0 Å². The minimum atomic E-state index is -0.418. The molecule has 4 heteroatoms. The van der Waals surface area contributed by atoms with Crippen molar-refractivity contribution in [2.24, 2.45) is 0 Å². The van der Waals surface area contributed by atoms with Gasteiger partial charge in [0.15, 0.2) is 0 Å². The van der Waals surface area contributed by atoms with Gasteiger partial charge in [0.05, 0.1) is 18.2 Å². The summed E-state index contributed by atoms with van der Waals surface area (Å²) in [5, 5.41) is 0.743. The monoisotopic (exact) mass is 231 g/mol. The Hall–Kier alpha value is -2.10. The Labute approximate surface area is 98.8 Å². The maximum atomic E-state index is 11.7. The smallest absolute Gasteiger partial charge is 0.340 e. The van der Waals surface area contributed by atoms with Gasteiger partial charge in [0, 0.05) is 18.0 Å². The number of para-hydroxylation sites is 1. The van der Waals surface area contributed by atoms with Crippen LogP contribution in [-0.2, 0) is 4.74 Å². The lowest BCUT2D eigenvalue weighted by Crippen LogP contribution is -2.09. The zero-order chi connectivity index (χ0) is 12.6. The van der Waals surface area contributed by atoms with E-state index in [4.69, 9.17) is 4.74 Å². The van der Waals surface area contributed by atoms with Gasteiger partial charge in [-0.15, -0.1) is 0 Å². The number of methoxy groups -OCH3 is 1. The maximum absolute atomic E-state index is 11.7. The zero-order valence-electron chi connectivity index (χ0n) is 9.98. The van der Waals surface area contributed by atoms with E-state index < -0.39 is 5.97 Å². The second kappa shape index (κ2) is 4.05. The van der Waals surface area contributed by atoms with E-state index in [1.165, 1.54) is 18.6 Å². The minimum absolute atomic E-state index is 0.117. The summed E-state index contributed by atoms with van der Waals surface area (Å²) in [5.41, 5.74) is 1.81. The highest BCUT2D eigenvalue weighted by Gasteiger charge is 2.21. The Morgan fingerprint density at radius 2 is 1.88 bits per heavy atom. The fraction of sp³-hybridized carbons (Fsp3) is 0.231. The van der Waals surface area contributed by atoms with Crippen molar-refractivity contribution in [1.82, 2.24) is 4.57 Å². The molecule has 0 saturated carbocycles. The summed E-state index contributed by atoms with van der Waals surface area (Å²) in [5.74, 6) is -0.535. The SMILES string of the molecule is COC(=O)c1c(C)n(C(C)=O)c2ccccc12. The van der Waals surface area contributed by atoms with E-state index in [9.17, 15) is 9.59 Å². The fourth-order valence-electron chi connectivity index (χ4n) is 2.13. The summed E-state index contributed by atoms with van der Waals surface area (Å²) in [6.07, 6.45) is 0. The summed E-state index contributed by atoms with van der Waals surface area (Å²) >= 11 is 0. The van der Waals surface area contributed by atoms with Crippen LogP contribution in [0.4, 0.5) is 0 Å². The molecule has 2 rings (SSSR count). The Bertz CT molecular complexity index is 610. The van der Waals surface area contributed by atoms with Gasteiger partial charge in [-0.05, 0) is 13.0 Å². The van der Waals surface area contributed by atoms with Crippen LogP contribution >= 0.6 is 0 Å². The first-order chi connectivity index (χ1) is 8.07. The molecule has 88 valence electrons. The van der Waals surface area contributed by atoms with Gasteiger partial charge < -0.3 is 4.74 Å². The normalized spacial score (nSPS) is 10.5. The van der Waals surface area contributed by atoms with E-state index in [-0.39, 0.29) is 5.91 Å². The van der Waals surface area contributed by atoms with Crippen LogP contribution in [-0.4, -0.2) is 23.6 Å². The standard InChI is InChI=1S/C13H13NO3/c1-8-12(13(16)17-3)10-6-4-5-7-11(10)14(8)9(2)15/h4-7H,1-3H3. The molecule has 0 unspecified atom stereocenters. The van der Waals surface area contributed by atoms with Crippen molar-refractivity contribution < 1.29 is 14.3 Å². The molecule has 4 nitrogen and oxygen atoms in total. The number of fused-ring (bicyclic) bond motifs is 1. The van der Waals surface area contributed by atoms with Gasteiger partial charge in [-0.25, -0.2) is 4.79 Å². The van der Waals surface area contributed by atoms with E-state index in [0.29, 0.717) is 11.3 Å². The van der Waals surface area contributed by atoms with Crippen molar-refractivity contribution in [2.75, 3.05) is 7.11 Å². The molecule has 0 bridgehead atoms.